The summed E-state index contributed by atoms with van der Waals surface area (Å²) in [5.41, 5.74) is 3.74. The van der Waals surface area contributed by atoms with Crippen LogP contribution in [0.3, 0.4) is 0 Å². The lowest BCUT2D eigenvalue weighted by Gasteiger charge is -2.44. The lowest BCUT2D eigenvalue weighted by molar-refractivity contribution is -0.119. The molecular formula is C25H32N2O. The second kappa shape index (κ2) is 8.48. The van der Waals surface area contributed by atoms with Crippen LogP contribution in [-0.2, 0) is 11.2 Å². The van der Waals surface area contributed by atoms with Crippen molar-refractivity contribution in [2.24, 2.45) is 11.8 Å². The first-order chi connectivity index (χ1) is 13.7. The highest BCUT2D eigenvalue weighted by atomic mass is 16.2. The van der Waals surface area contributed by atoms with Crippen LogP contribution in [0.25, 0.3) is 0 Å². The molecule has 4 rings (SSSR count). The Hall–Kier alpha value is -2.13. The highest BCUT2D eigenvalue weighted by Crippen LogP contribution is 2.42. The molecule has 1 aliphatic heterocycles. The first kappa shape index (κ1) is 19.2. The normalized spacial score (nSPS) is 24.3. The minimum atomic E-state index is 0.267. The van der Waals surface area contributed by atoms with Gasteiger partial charge in [0.15, 0.2) is 0 Å². The van der Waals surface area contributed by atoms with Crippen molar-refractivity contribution in [2.75, 3.05) is 24.5 Å². The molecular weight excluding hydrogens is 344 g/mol. The Morgan fingerprint density at radius 2 is 1.64 bits per heavy atom. The fourth-order valence-corrected chi connectivity index (χ4v) is 5.19. The van der Waals surface area contributed by atoms with Crippen LogP contribution in [-0.4, -0.2) is 36.5 Å². The highest BCUT2D eigenvalue weighted by molar-refractivity contribution is 5.94. The van der Waals surface area contributed by atoms with Crippen LogP contribution in [0.2, 0.25) is 0 Å². The maximum atomic E-state index is 12.9. The molecule has 2 aliphatic rings. The van der Waals surface area contributed by atoms with E-state index in [1.807, 2.05) is 6.92 Å². The van der Waals surface area contributed by atoms with Crippen LogP contribution in [0.1, 0.15) is 37.3 Å². The molecule has 0 aromatic heterocycles. The number of hydrogen-bond donors (Lipinski definition) is 0. The second-order valence-electron chi connectivity index (χ2n) is 8.54. The van der Waals surface area contributed by atoms with Gasteiger partial charge in [0.1, 0.15) is 0 Å². The van der Waals surface area contributed by atoms with E-state index >= 15 is 0 Å². The molecule has 1 saturated heterocycles. The number of piperidine rings is 1. The van der Waals surface area contributed by atoms with Crippen molar-refractivity contribution in [1.29, 1.82) is 0 Å². The van der Waals surface area contributed by atoms with Gasteiger partial charge in [0.25, 0.3) is 0 Å². The summed E-state index contributed by atoms with van der Waals surface area (Å²) >= 11 is 0. The average molecular weight is 377 g/mol. The predicted molar refractivity (Wildman–Crippen MR) is 116 cm³/mol. The van der Waals surface area contributed by atoms with Gasteiger partial charge in [-0.15, -0.1) is 0 Å². The number of hydrogen-bond acceptors (Lipinski definition) is 2. The summed E-state index contributed by atoms with van der Waals surface area (Å²) in [5, 5.41) is 0. The molecule has 0 spiro atoms. The number of amides is 1. The average Bonchev–Trinajstić information content (AvgIpc) is 2.97. The Morgan fingerprint density at radius 1 is 1.00 bits per heavy atom. The van der Waals surface area contributed by atoms with Crippen LogP contribution < -0.4 is 4.90 Å². The topological polar surface area (TPSA) is 23.6 Å². The molecule has 3 heteroatoms. The summed E-state index contributed by atoms with van der Waals surface area (Å²) in [6.07, 6.45) is 4.18. The Bertz CT molecular complexity index is 772. The molecule has 1 aliphatic carbocycles. The van der Waals surface area contributed by atoms with Crippen LogP contribution in [0.15, 0.2) is 54.6 Å². The third-order valence-corrected chi connectivity index (χ3v) is 6.60. The zero-order chi connectivity index (χ0) is 19.5. The largest absolute Gasteiger partial charge is 0.309 e. The van der Waals surface area contributed by atoms with Gasteiger partial charge in [-0.25, -0.2) is 0 Å². The molecule has 1 saturated carbocycles. The monoisotopic (exact) mass is 376 g/mol. The van der Waals surface area contributed by atoms with Gasteiger partial charge in [-0.1, -0.05) is 55.0 Å². The molecule has 2 aromatic rings. The molecule has 0 N–H and O–H groups in total. The number of anilines is 1. The zero-order valence-electron chi connectivity index (χ0n) is 17.2. The van der Waals surface area contributed by atoms with E-state index in [0.717, 1.165) is 31.7 Å². The van der Waals surface area contributed by atoms with Crippen molar-refractivity contribution in [3.8, 4) is 0 Å². The van der Waals surface area contributed by atoms with Crippen LogP contribution in [0.4, 0.5) is 5.69 Å². The molecule has 1 heterocycles. The number of carbonyl (C=O) groups is 1. The van der Waals surface area contributed by atoms with Gasteiger partial charge in [-0.2, -0.15) is 0 Å². The van der Waals surface area contributed by atoms with E-state index in [-0.39, 0.29) is 5.91 Å². The molecule has 3 nitrogen and oxygen atoms in total. The van der Waals surface area contributed by atoms with Gasteiger partial charge in [-0.05, 0) is 55.7 Å². The minimum absolute atomic E-state index is 0.267. The van der Waals surface area contributed by atoms with E-state index in [1.165, 1.54) is 24.0 Å². The molecule has 2 bridgehead atoms. The van der Waals surface area contributed by atoms with Gasteiger partial charge < -0.3 is 9.80 Å². The Balaban J connectivity index is 1.48. The summed E-state index contributed by atoms with van der Waals surface area (Å²) in [6.45, 7) is 7.45. The molecule has 2 fully saturated rings. The van der Waals surface area contributed by atoms with Crippen molar-refractivity contribution in [3.63, 3.8) is 0 Å². The Morgan fingerprint density at radius 3 is 2.25 bits per heavy atom. The SMILES string of the molecule is CCC(=O)N(c1ccc(C)cc1)C1[C@@H]2CC[C@H]1CN(CCc1ccccc1)C2. The molecule has 28 heavy (non-hydrogen) atoms. The van der Waals surface area contributed by atoms with Crippen LogP contribution in [0.5, 0.6) is 0 Å². The molecule has 2 aromatic carbocycles. The second-order valence-corrected chi connectivity index (χ2v) is 8.54. The van der Waals surface area contributed by atoms with Crippen molar-refractivity contribution in [1.82, 2.24) is 4.90 Å². The zero-order valence-corrected chi connectivity index (χ0v) is 17.2. The summed E-state index contributed by atoms with van der Waals surface area (Å²) in [5.74, 6) is 1.45. The van der Waals surface area contributed by atoms with E-state index in [1.54, 1.807) is 0 Å². The smallest absolute Gasteiger partial charge is 0.226 e. The Kier molecular flexibility index (Phi) is 5.82. The summed E-state index contributed by atoms with van der Waals surface area (Å²) in [6, 6.07) is 19.7. The fourth-order valence-electron chi connectivity index (χ4n) is 5.19. The first-order valence-electron chi connectivity index (χ1n) is 10.8. The highest BCUT2D eigenvalue weighted by Gasteiger charge is 2.46. The molecule has 1 unspecified atom stereocenters. The lowest BCUT2D eigenvalue weighted by Crippen LogP contribution is -2.55. The fraction of sp³-hybridized carbons (Fsp3) is 0.480. The number of likely N-dealkylation sites (tertiary alicyclic amines) is 1. The molecule has 3 atom stereocenters. The van der Waals surface area contributed by atoms with E-state index in [0.29, 0.717) is 24.3 Å². The van der Waals surface area contributed by atoms with E-state index < -0.39 is 0 Å². The molecule has 0 radical (unpaired) electrons. The van der Waals surface area contributed by atoms with Gasteiger partial charge in [0.2, 0.25) is 5.91 Å². The standard InChI is InChI=1S/C25H32N2O/c1-3-24(28)27(23-13-9-19(2)10-14-23)25-21-11-12-22(25)18-26(17-21)16-15-20-7-5-4-6-8-20/h4-10,13-14,21-22,25H,3,11-12,15-18H2,1-2H3/t21-,22+,25?. The number of carbonyl (C=O) groups excluding carboxylic acids is 1. The summed E-state index contributed by atoms with van der Waals surface area (Å²) in [4.78, 5) is 17.7. The minimum Gasteiger partial charge on any atom is -0.309 e. The third kappa shape index (κ3) is 4.00. The van der Waals surface area contributed by atoms with Crippen molar-refractivity contribution >= 4 is 11.6 Å². The van der Waals surface area contributed by atoms with Gasteiger partial charge in [0, 0.05) is 37.8 Å². The lowest BCUT2D eigenvalue weighted by atomic mass is 9.89. The van der Waals surface area contributed by atoms with Gasteiger partial charge in [-0.3, -0.25) is 4.79 Å². The molecule has 148 valence electrons. The number of rotatable bonds is 6. The van der Waals surface area contributed by atoms with E-state index in [2.05, 4.69) is 71.3 Å². The van der Waals surface area contributed by atoms with Crippen molar-refractivity contribution in [2.45, 2.75) is 45.6 Å². The Labute approximate surface area is 169 Å². The maximum Gasteiger partial charge on any atom is 0.226 e. The third-order valence-electron chi connectivity index (χ3n) is 6.60. The number of nitrogens with zero attached hydrogens (tertiary/aromatic N) is 2. The number of fused-ring (bicyclic) bond motifs is 2. The van der Waals surface area contributed by atoms with Gasteiger partial charge >= 0.3 is 0 Å². The number of benzene rings is 2. The van der Waals surface area contributed by atoms with Crippen molar-refractivity contribution in [3.05, 3.63) is 65.7 Å². The van der Waals surface area contributed by atoms with Crippen LogP contribution in [0, 0.1) is 18.8 Å². The van der Waals surface area contributed by atoms with E-state index in [9.17, 15) is 4.79 Å². The molecule has 1 amide bonds. The van der Waals surface area contributed by atoms with Crippen LogP contribution >= 0.6 is 0 Å². The van der Waals surface area contributed by atoms with Crippen molar-refractivity contribution < 1.29 is 4.79 Å². The first-order valence-corrected chi connectivity index (χ1v) is 10.8. The number of aryl methyl sites for hydroxylation is 1. The quantitative estimate of drug-likeness (QED) is 0.730. The maximum absolute atomic E-state index is 12.9. The van der Waals surface area contributed by atoms with Gasteiger partial charge in [0.05, 0.1) is 0 Å². The summed E-state index contributed by atoms with van der Waals surface area (Å²) in [7, 11) is 0. The summed E-state index contributed by atoms with van der Waals surface area (Å²) < 4.78 is 0. The predicted octanol–water partition coefficient (Wildman–Crippen LogP) is 4.69. The van der Waals surface area contributed by atoms with E-state index in [4.69, 9.17) is 0 Å².